The summed E-state index contributed by atoms with van der Waals surface area (Å²) in [6.45, 7) is 9.61. The summed E-state index contributed by atoms with van der Waals surface area (Å²) in [5.41, 5.74) is 3.80. The first-order chi connectivity index (χ1) is 10.2. The molecule has 0 aliphatic rings. The molecule has 1 heterocycles. The van der Waals surface area contributed by atoms with Gasteiger partial charge in [-0.15, -0.1) is 0 Å². The van der Waals surface area contributed by atoms with Gasteiger partial charge in [-0.2, -0.15) is 5.10 Å². The minimum Gasteiger partial charge on any atom is -0.304 e. The van der Waals surface area contributed by atoms with Crippen LogP contribution in [0.1, 0.15) is 62.5 Å². The van der Waals surface area contributed by atoms with Gasteiger partial charge in [0.25, 0.3) is 0 Å². The fourth-order valence-electron chi connectivity index (χ4n) is 2.78. The maximum atomic E-state index is 4.69. The monoisotopic (exact) mass is 285 g/mol. The van der Waals surface area contributed by atoms with Crippen molar-refractivity contribution in [2.45, 2.75) is 59.2 Å². The third kappa shape index (κ3) is 3.94. The zero-order chi connectivity index (χ0) is 15.2. The molecule has 0 saturated carbocycles. The molecule has 0 aliphatic heterocycles. The van der Waals surface area contributed by atoms with E-state index in [1.54, 1.807) is 0 Å². The van der Waals surface area contributed by atoms with Crippen molar-refractivity contribution in [3.05, 3.63) is 53.3 Å². The van der Waals surface area contributed by atoms with E-state index in [-0.39, 0.29) is 0 Å². The predicted molar refractivity (Wildman–Crippen MR) is 88.3 cm³/mol. The Bertz CT molecular complexity index is 555. The Hall–Kier alpha value is -1.61. The highest BCUT2D eigenvalue weighted by atomic mass is 15.3. The largest absolute Gasteiger partial charge is 0.304 e. The van der Waals surface area contributed by atoms with Crippen molar-refractivity contribution in [3.63, 3.8) is 0 Å². The third-order valence-corrected chi connectivity index (χ3v) is 4.22. The molecule has 114 valence electrons. The van der Waals surface area contributed by atoms with E-state index < -0.39 is 0 Å². The number of benzene rings is 1. The van der Waals surface area contributed by atoms with Crippen molar-refractivity contribution in [2.24, 2.45) is 0 Å². The van der Waals surface area contributed by atoms with Crippen LogP contribution in [0.25, 0.3) is 0 Å². The summed E-state index contributed by atoms with van der Waals surface area (Å²) < 4.78 is 2.11. The molecule has 1 unspecified atom stereocenters. The zero-order valence-electron chi connectivity index (χ0n) is 13.6. The summed E-state index contributed by atoms with van der Waals surface area (Å²) in [6, 6.07) is 11.5. The minimum atomic E-state index is 0.337. The maximum Gasteiger partial charge on any atom is 0.0762 e. The van der Waals surface area contributed by atoms with Crippen LogP contribution in [0.4, 0.5) is 0 Å². The number of aryl methyl sites for hydroxylation is 1. The van der Waals surface area contributed by atoms with Crippen LogP contribution in [-0.4, -0.2) is 9.78 Å². The van der Waals surface area contributed by atoms with Crippen LogP contribution in [0, 0.1) is 6.92 Å². The zero-order valence-corrected chi connectivity index (χ0v) is 13.6. The molecule has 3 heteroatoms. The van der Waals surface area contributed by atoms with Gasteiger partial charge >= 0.3 is 0 Å². The summed E-state index contributed by atoms with van der Waals surface area (Å²) in [5.74, 6) is 0. The lowest BCUT2D eigenvalue weighted by Crippen LogP contribution is -2.19. The molecule has 0 aliphatic carbocycles. The highest BCUT2D eigenvalue weighted by Crippen LogP contribution is 2.18. The Kier molecular flexibility index (Phi) is 5.57. The normalized spacial score (nSPS) is 12.8. The second-order valence-electron chi connectivity index (χ2n) is 5.72. The second kappa shape index (κ2) is 7.41. The van der Waals surface area contributed by atoms with Gasteiger partial charge in [-0.05, 0) is 43.9 Å². The van der Waals surface area contributed by atoms with E-state index in [1.807, 2.05) is 0 Å². The highest BCUT2D eigenvalue weighted by Gasteiger charge is 2.10. The van der Waals surface area contributed by atoms with Gasteiger partial charge in [0.2, 0.25) is 0 Å². The van der Waals surface area contributed by atoms with Gasteiger partial charge in [0, 0.05) is 18.8 Å². The van der Waals surface area contributed by atoms with Crippen LogP contribution >= 0.6 is 0 Å². The Morgan fingerprint density at radius 2 is 1.86 bits per heavy atom. The summed E-state index contributed by atoms with van der Waals surface area (Å²) in [7, 11) is 0. The second-order valence-corrected chi connectivity index (χ2v) is 5.72. The molecule has 0 saturated heterocycles. The molecule has 0 spiro atoms. The first-order valence-corrected chi connectivity index (χ1v) is 7.98. The molecule has 0 bridgehead atoms. The van der Waals surface area contributed by atoms with E-state index in [4.69, 9.17) is 5.10 Å². The molecule has 0 fully saturated rings. The van der Waals surface area contributed by atoms with Crippen molar-refractivity contribution in [2.75, 3.05) is 0 Å². The molecule has 3 nitrogen and oxygen atoms in total. The van der Waals surface area contributed by atoms with Crippen molar-refractivity contribution in [1.82, 2.24) is 15.1 Å². The highest BCUT2D eigenvalue weighted by molar-refractivity contribution is 5.28. The number of aromatic nitrogens is 2. The molecular formula is C18H27N3. The lowest BCUT2D eigenvalue weighted by molar-refractivity contribution is 0.423. The standard InChI is InChI=1S/C18H27N3/c1-5-17(6-2)21-12-11-16(20-21)13-19-15(4)18-10-8-7-9-14(18)3/h7-12,15,17,19H,5-6,13H2,1-4H3. The van der Waals surface area contributed by atoms with Crippen molar-refractivity contribution < 1.29 is 0 Å². The first kappa shape index (κ1) is 15.8. The van der Waals surface area contributed by atoms with Gasteiger partial charge in [0.1, 0.15) is 0 Å². The molecule has 0 radical (unpaired) electrons. The molecule has 21 heavy (non-hydrogen) atoms. The number of nitrogens with one attached hydrogen (secondary N) is 1. The van der Waals surface area contributed by atoms with Crippen molar-refractivity contribution >= 4 is 0 Å². The van der Waals surface area contributed by atoms with Crippen LogP contribution in [0.5, 0.6) is 0 Å². The fraction of sp³-hybridized carbons (Fsp3) is 0.500. The van der Waals surface area contributed by atoms with Crippen molar-refractivity contribution in [1.29, 1.82) is 0 Å². The van der Waals surface area contributed by atoms with Gasteiger partial charge in [0.05, 0.1) is 11.7 Å². The summed E-state index contributed by atoms with van der Waals surface area (Å²) in [4.78, 5) is 0. The summed E-state index contributed by atoms with van der Waals surface area (Å²) >= 11 is 0. The van der Waals surface area contributed by atoms with E-state index >= 15 is 0 Å². The molecule has 1 aromatic carbocycles. The lowest BCUT2D eigenvalue weighted by atomic mass is 10.0. The Balaban J connectivity index is 1.96. The van der Waals surface area contributed by atoms with E-state index in [0.717, 1.165) is 25.1 Å². The van der Waals surface area contributed by atoms with E-state index in [1.165, 1.54) is 11.1 Å². The van der Waals surface area contributed by atoms with Gasteiger partial charge in [-0.25, -0.2) is 0 Å². The molecule has 0 amide bonds. The Labute approximate surface area is 128 Å². The number of hydrogen-bond acceptors (Lipinski definition) is 2. The topological polar surface area (TPSA) is 29.9 Å². The number of rotatable bonds is 7. The molecule has 2 rings (SSSR count). The minimum absolute atomic E-state index is 0.337. The molecule has 2 aromatic rings. The average Bonchev–Trinajstić information content (AvgIpc) is 2.95. The average molecular weight is 285 g/mol. The molecule has 1 N–H and O–H groups in total. The first-order valence-electron chi connectivity index (χ1n) is 7.98. The third-order valence-electron chi connectivity index (χ3n) is 4.22. The number of nitrogens with zero attached hydrogens (tertiary/aromatic N) is 2. The van der Waals surface area contributed by atoms with E-state index in [9.17, 15) is 0 Å². The molecular weight excluding hydrogens is 258 g/mol. The summed E-state index contributed by atoms with van der Waals surface area (Å²) in [5, 5.41) is 8.26. The maximum absolute atomic E-state index is 4.69. The predicted octanol–water partition coefficient (Wildman–Crippen LogP) is 4.40. The van der Waals surface area contributed by atoms with E-state index in [0.29, 0.717) is 12.1 Å². The van der Waals surface area contributed by atoms with E-state index in [2.05, 4.69) is 74.2 Å². The van der Waals surface area contributed by atoms with Crippen LogP contribution in [0.3, 0.4) is 0 Å². The van der Waals surface area contributed by atoms with Gasteiger partial charge in [-0.1, -0.05) is 38.1 Å². The fourth-order valence-corrected chi connectivity index (χ4v) is 2.78. The number of hydrogen-bond donors (Lipinski definition) is 1. The Morgan fingerprint density at radius 3 is 2.52 bits per heavy atom. The Morgan fingerprint density at radius 1 is 1.14 bits per heavy atom. The molecule has 1 atom stereocenters. The smallest absolute Gasteiger partial charge is 0.0762 e. The lowest BCUT2D eigenvalue weighted by Gasteiger charge is -2.16. The van der Waals surface area contributed by atoms with Crippen LogP contribution in [0.2, 0.25) is 0 Å². The summed E-state index contributed by atoms with van der Waals surface area (Å²) in [6.07, 6.45) is 4.36. The van der Waals surface area contributed by atoms with Crippen LogP contribution in [-0.2, 0) is 6.54 Å². The van der Waals surface area contributed by atoms with Gasteiger partial charge < -0.3 is 5.32 Å². The van der Waals surface area contributed by atoms with Crippen LogP contribution < -0.4 is 5.32 Å². The SMILES string of the molecule is CCC(CC)n1ccc(CNC(C)c2ccccc2C)n1. The molecule has 1 aromatic heterocycles. The quantitative estimate of drug-likeness (QED) is 0.817. The van der Waals surface area contributed by atoms with Crippen LogP contribution in [0.15, 0.2) is 36.5 Å². The van der Waals surface area contributed by atoms with Gasteiger partial charge in [-0.3, -0.25) is 4.68 Å². The van der Waals surface area contributed by atoms with Crippen molar-refractivity contribution in [3.8, 4) is 0 Å². The van der Waals surface area contributed by atoms with Gasteiger partial charge in [0.15, 0.2) is 0 Å².